The lowest BCUT2D eigenvalue weighted by atomic mass is 10.1. The van der Waals surface area contributed by atoms with Crippen molar-refractivity contribution in [3.8, 4) is 0 Å². The van der Waals surface area contributed by atoms with Crippen molar-refractivity contribution in [2.45, 2.75) is 13.8 Å². The summed E-state index contributed by atoms with van der Waals surface area (Å²) in [6, 6.07) is 13.6. The number of carbonyl (C=O) groups excluding carboxylic acids is 2. The molecule has 2 aromatic carbocycles. The van der Waals surface area contributed by atoms with E-state index in [1.807, 2.05) is 19.9 Å². The van der Waals surface area contributed by atoms with Gasteiger partial charge >= 0.3 is 0 Å². The monoisotopic (exact) mass is 368 g/mol. The Kier molecular flexibility index (Phi) is 5.09. The quantitative estimate of drug-likeness (QED) is 0.676. The van der Waals surface area contributed by atoms with Crippen LogP contribution in [0.3, 0.4) is 0 Å². The van der Waals surface area contributed by atoms with Gasteiger partial charge in [0.15, 0.2) is 5.76 Å². The summed E-state index contributed by atoms with van der Waals surface area (Å²) in [6.45, 7) is 3.74. The Balaban J connectivity index is 1.78. The molecule has 0 atom stereocenters. The van der Waals surface area contributed by atoms with Crippen LogP contribution in [0, 0.1) is 13.8 Å². The fourth-order valence-corrected chi connectivity index (χ4v) is 2.54. The summed E-state index contributed by atoms with van der Waals surface area (Å²) in [5.41, 5.74) is 3.33. The van der Waals surface area contributed by atoms with Gasteiger partial charge in [0.2, 0.25) is 0 Å². The molecule has 0 bridgehead atoms. The highest BCUT2D eigenvalue weighted by Gasteiger charge is 2.13. The van der Waals surface area contributed by atoms with Crippen molar-refractivity contribution in [1.82, 2.24) is 0 Å². The molecule has 26 heavy (non-hydrogen) atoms. The number of carbonyl (C=O) groups is 2. The second-order valence-corrected chi connectivity index (χ2v) is 6.29. The lowest BCUT2D eigenvalue weighted by Gasteiger charge is -2.11. The van der Waals surface area contributed by atoms with Crippen molar-refractivity contribution in [2.24, 2.45) is 0 Å². The molecule has 0 aliphatic heterocycles. The van der Waals surface area contributed by atoms with E-state index in [0.717, 1.165) is 11.1 Å². The molecule has 0 unspecified atom stereocenters. The summed E-state index contributed by atoms with van der Waals surface area (Å²) < 4.78 is 5.08. The molecule has 0 saturated heterocycles. The van der Waals surface area contributed by atoms with E-state index in [-0.39, 0.29) is 17.6 Å². The Morgan fingerprint density at radius 1 is 0.923 bits per heavy atom. The maximum atomic E-state index is 12.5. The third kappa shape index (κ3) is 3.95. The van der Waals surface area contributed by atoms with Gasteiger partial charge in [-0.15, -0.1) is 0 Å². The van der Waals surface area contributed by atoms with Gasteiger partial charge in [-0.3, -0.25) is 9.59 Å². The number of aryl methyl sites for hydroxylation is 2. The predicted molar refractivity (Wildman–Crippen MR) is 102 cm³/mol. The van der Waals surface area contributed by atoms with Crippen LogP contribution in [0.2, 0.25) is 5.02 Å². The van der Waals surface area contributed by atoms with E-state index in [9.17, 15) is 9.59 Å². The molecule has 0 saturated carbocycles. The number of halogens is 1. The van der Waals surface area contributed by atoms with Crippen LogP contribution in [0.5, 0.6) is 0 Å². The first-order valence-corrected chi connectivity index (χ1v) is 8.35. The molecule has 3 rings (SSSR count). The second-order valence-electron chi connectivity index (χ2n) is 5.88. The summed E-state index contributed by atoms with van der Waals surface area (Å²) in [5.74, 6) is -0.465. The van der Waals surface area contributed by atoms with E-state index in [1.54, 1.807) is 42.5 Å². The summed E-state index contributed by atoms with van der Waals surface area (Å²) in [6.07, 6.45) is 1.43. The molecule has 1 aromatic heterocycles. The highest BCUT2D eigenvalue weighted by atomic mass is 35.5. The van der Waals surface area contributed by atoms with Crippen molar-refractivity contribution in [2.75, 3.05) is 10.6 Å². The SMILES string of the molecule is Cc1ccc(NC(=O)c2ccc(C)c(NC(=O)c3ccco3)c2)cc1Cl. The Hall–Kier alpha value is -3.05. The fraction of sp³-hybridized carbons (Fsp3) is 0.100. The largest absolute Gasteiger partial charge is 0.459 e. The first kappa shape index (κ1) is 17.8. The highest BCUT2D eigenvalue weighted by Crippen LogP contribution is 2.22. The van der Waals surface area contributed by atoms with Gasteiger partial charge in [-0.05, 0) is 61.4 Å². The van der Waals surface area contributed by atoms with Crippen molar-refractivity contribution in [1.29, 1.82) is 0 Å². The molecule has 0 radical (unpaired) electrons. The van der Waals surface area contributed by atoms with Gasteiger partial charge in [-0.1, -0.05) is 23.7 Å². The van der Waals surface area contributed by atoms with Crippen molar-refractivity contribution >= 4 is 34.8 Å². The number of furan rings is 1. The van der Waals surface area contributed by atoms with Crippen LogP contribution in [0.25, 0.3) is 0 Å². The van der Waals surface area contributed by atoms with Gasteiger partial charge in [0.05, 0.1) is 6.26 Å². The molecule has 3 aromatic rings. The minimum Gasteiger partial charge on any atom is -0.459 e. The Morgan fingerprint density at radius 2 is 1.69 bits per heavy atom. The van der Waals surface area contributed by atoms with Crippen LogP contribution in [-0.2, 0) is 0 Å². The zero-order valence-electron chi connectivity index (χ0n) is 14.3. The van der Waals surface area contributed by atoms with Crippen molar-refractivity contribution in [3.63, 3.8) is 0 Å². The van der Waals surface area contributed by atoms with Crippen LogP contribution in [0.4, 0.5) is 11.4 Å². The Bertz CT molecular complexity index is 965. The molecular formula is C20H17ClN2O3. The zero-order chi connectivity index (χ0) is 18.7. The molecule has 0 aliphatic rings. The molecule has 0 fully saturated rings. The van der Waals surface area contributed by atoms with Gasteiger partial charge in [-0.25, -0.2) is 0 Å². The van der Waals surface area contributed by atoms with Crippen molar-refractivity contribution < 1.29 is 14.0 Å². The average Bonchev–Trinajstić information content (AvgIpc) is 3.15. The molecular weight excluding hydrogens is 352 g/mol. The average molecular weight is 369 g/mol. The van der Waals surface area contributed by atoms with E-state index in [1.165, 1.54) is 6.26 Å². The first-order chi connectivity index (χ1) is 12.4. The number of hydrogen-bond acceptors (Lipinski definition) is 3. The molecule has 132 valence electrons. The van der Waals surface area contributed by atoms with Gasteiger partial charge in [0.1, 0.15) is 0 Å². The zero-order valence-corrected chi connectivity index (χ0v) is 15.1. The van der Waals surface area contributed by atoms with E-state index in [0.29, 0.717) is 22.0 Å². The van der Waals surface area contributed by atoms with Gasteiger partial charge < -0.3 is 15.1 Å². The highest BCUT2D eigenvalue weighted by molar-refractivity contribution is 6.31. The minimum absolute atomic E-state index is 0.202. The van der Waals surface area contributed by atoms with Gasteiger partial charge in [-0.2, -0.15) is 0 Å². The molecule has 1 heterocycles. The topological polar surface area (TPSA) is 71.3 Å². The fourth-order valence-electron chi connectivity index (χ4n) is 2.36. The lowest BCUT2D eigenvalue weighted by Crippen LogP contribution is -2.15. The minimum atomic E-state index is -0.374. The van der Waals surface area contributed by atoms with Crippen LogP contribution in [0.1, 0.15) is 32.0 Å². The number of hydrogen-bond donors (Lipinski definition) is 2. The van der Waals surface area contributed by atoms with Crippen molar-refractivity contribution in [3.05, 3.63) is 82.3 Å². The molecule has 5 nitrogen and oxygen atoms in total. The Labute approximate surface area is 156 Å². The smallest absolute Gasteiger partial charge is 0.291 e. The summed E-state index contributed by atoms with van der Waals surface area (Å²) in [5, 5.41) is 6.14. The number of anilines is 2. The van der Waals surface area contributed by atoms with E-state index >= 15 is 0 Å². The molecule has 6 heteroatoms. The maximum Gasteiger partial charge on any atom is 0.291 e. The normalized spacial score (nSPS) is 10.4. The molecule has 2 N–H and O–H groups in total. The third-order valence-electron chi connectivity index (χ3n) is 3.92. The Morgan fingerprint density at radius 3 is 2.38 bits per heavy atom. The molecule has 0 spiro atoms. The standard InChI is InChI=1S/C20H17ClN2O3/c1-12-6-8-15(11-16(12)21)22-19(24)14-7-5-13(2)17(10-14)23-20(25)18-4-3-9-26-18/h3-11H,1-2H3,(H,22,24)(H,23,25). The van der Waals surface area contributed by atoms with Crippen LogP contribution in [-0.4, -0.2) is 11.8 Å². The number of amides is 2. The molecule has 0 aliphatic carbocycles. The van der Waals surface area contributed by atoms with E-state index in [2.05, 4.69) is 10.6 Å². The van der Waals surface area contributed by atoms with Crippen LogP contribution < -0.4 is 10.6 Å². The van der Waals surface area contributed by atoms with Crippen LogP contribution >= 0.6 is 11.6 Å². The van der Waals surface area contributed by atoms with Gasteiger partial charge in [0, 0.05) is 22.0 Å². The lowest BCUT2D eigenvalue weighted by molar-refractivity contribution is 0.0993. The second kappa shape index (κ2) is 7.45. The summed E-state index contributed by atoms with van der Waals surface area (Å²) in [7, 11) is 0. The third-order valence-corrected chi connectivity index (χ3v) is 4.33. The number of benzene rings is 2. The number of nitrogens with one attached hydrogen (secondary N) is 2. The van der Waals surface area contributed by atoms with Gasteiger partial charge in [0.25, 0.3) is 11.8 Å². The number of rotatable bonds is 4. The van der Waals surface area contributed by atoms with E-state index < -0.39 is 0 Å². The summed E-state index contributed by atoms with van der Waals surface area (Å²) in [4.78, 5) is 24.7. The van der Waals surface area contributed by atoms with E-state index in [4.69, 9.17) is 16.0 Å². The maximum absolute atomic E-state index is 12.5. The first-order valence-electron chi connectivity index (χ1n) is 7.97. The predicted octanol–water partition coefficient (Wildman–Crippen LogP) is 5.05. The molecule has 2 amide bonds. The van der Waals surface area contributed by atoms with Crippen LogP contribution in [0.15, 0.2) is 59.2 Å². The summed E-state index contributed by atoms with van der Waals surface area (Å²) >= 11 is 6.09.